The zero-order valence-electron chi connectivity index (χ0n) is 9.27. The zero-order valence-corrected chi connectivity index (χ0v) is 9.27. The lowest BCUT2D eigenvalue weighted by Gasteiger charge is -2.21. The van der Waals surface area contributed by atoms with Gasteiger partial charge in [-0.3, -0.25) is 9.48 Å². The Bertz CT molecular complexity index is 398. The first-order chi connectivity index (χ1) is 7.00. The summed E-state index contributed by atoms with van der Waals surface area (Å²) in [6.45, 7) is 1.99. The van der Waals surface area contributed by atoms with Gasteiger partial charge in [0.2, 0.25) is 5.91 Å². The second-order valence-electron chi connectivity index (χ2n) is 4.19. The summed E-state index contributed by atoms with van der Waals surface area (Å²) in [5.74, 6) is 0.0950. The van der Waals surface area contributed by atoms with E-state index in [-0.39, 0.29) is 18.0 Å². The maximum absolute atomic E-state index is 11.5. The van der Waals surface area contributed by atoms with Crippen molar-refractivity contribution in [2.45, 2.75) is 25.4 Å². The van der Waals surface area contributed by atoms with E-state index in [1.54, 1.807) is 16.6 Å². The van der Waals surface area contributed by atoms with Crippen LogP contribution in [0.5, 0.6) is 0 Å². The van der Waals surface area contributed by atoms with Gasteiger partial charge < -0.3 is 10.6 Å². The monoisotopic (exact) mass is 208 g/mol. The second kappa shape index (κ2) is 3.34. The maximum atomic E-state index is 11.5. The molecule has 0 aromatic carbocycles. The number of hydrogen-bond donors (Lipinski definition) is 1. The molecule has 2 N–H and O–H groups in total. The third-order valence-corrected chi connectivity index (χ3v) is 2.96. The lowest BCUT2D eigenvalue weighted by Crippen LogP contribution is -2.31. The van der Waals surface area contributed by atoms with Crippen molar-refractivity contribution >= 4 is 5.91 Å². The van der Waals surface area contributed by atoms with Gasteiger partial charge >= 0.3 is 0 Å². The van der Waals surface area contributed by atoms with Crippen molar-refractivity contribution in [3.63, 3.8) is 0 Å². The fourth-order valence-corrected chi connectivity index (χ4v) is 2.20. The summed E-state index contributed by atoms with van der Waals surface area (Å²) in [6.07, 6.45) is 2.36. The number of likely N-dealkylation sites (N-methyl/N-ethyl adjacent to an activating group) is 1. The number of rotatable bonds is 1. The van der Waals surface area contributed by atoms with Crippen LogP contribution in [0, 0.1) is 6.92 Å². The third-order valence-electron chi connectivity index (χ3n) is 2.96. The first-order valence-electron chi connectivity index (χ1n) is 5.02. The minimum atomic E-state index is -0.143. The topological polar surface area (TPSA) is 64.2 Å². The van der Waals surface area contributed by atoms with Crippen LogP contribution in [0.15, 0.2) is 6.20 Å². The van der Waals surface area contributed by atoms with Crippen molar-refractivity contribution < 1.29 is 4.79 Å². The van der Waals surface area contributed by atoms with Gasteiger partial charge in [0.15, 0.2) is 0 Å². The van der Waals surface area contributed by atoms with Crippen LogP contribution in [0.25, 0.3) is 0 Å². The minimum absolute atomic E-state index is 0.0706. The molecule has 2 rings (SSSR count). The number of amides is 1. The first-order valence-corrected chi connectivity index (χ1v) is 5.02. The zero-order chi connectivity index (χ0) is 11.2. The molecule has 0 spiro atoms. The Labute approximate surface area is 88.8 Å². The number of nitrogens with zero attached hydrogens (tertiary/aromatic N) is 3. The summed E-state index contributed by atoms with van der Waals surface area (Å²) >= 11 is 0. The van der Waals surface area contributed by atoms with Gasteiger partial charge in [-0.1, -0.05) is 0 Å². The van der Waals surface area contributed by atoms with E-state index in [0.717, 1.165) is 11.3 Å². The van der Waals surface area contributed by atoms with Gasteiger partial charge in [0.1, 0.15) is 0 Å². The molecule has 1 amide bonds. The van der Waals surface area contributed by atoms with Crippen LogP contribution in [-0.2, 0) is 11.8 Å². The van der Waals surface area contributed by atoms with Gasteiger partial charge in [-0.05, 0) is 12.5 Å². The molecule has 1 aliphatic heterocycles. The Balaban J connectivity index is 2.38. The molecular formula is C10H16N4O. The molecule has 0 radical (unpaired) electrons. The van der Waals surface area contributed by atoms with Gasteiger partial charge in [-0.15, -0.1) is 0 Å². The number of carbonyl (C=O) groups is 1. The van der Waals surface area contributed by atoms with Crippen LogP contribution in [0.1, 0.15) is 23.7 Å². The fraction of sp³-hybridized carbons (Fsp3) is 0.600. The highest BCUT2D eigenvalue weighted by atomic mass is 16.2. The van der Waals surface area contributed by atoms with Crippen molar-refractivity contribution in [1.82, 2.24) is 14.7 Å². The molecule has 1 aromatic heterocycles. The summed E-state index contributed by atoms with van der Waals surface area (Å²) in [6, 6.07) is -0.213. The summed E-state index contributed by atoms with van der Waals surface area (Å²) in [5.41, 5.74) is 7.96. The van der Waals surface area contributed by atoms with Crippen LogP contribution < -0.4 is 5.73 Å². The molecular weight excluding hydrogens is 192 g/mol. The van der Waals surface area contributed by atoms with Gasteiger partial charge in [0.05, 0.1) is 11.7 Å². The largest absolute Gasteiger partial charge is 0.335 e. The number of likely N-dealkylation sites (tertiary alicyclic amines) is 1. The van der Waals surface area contributed by atoms with Crippen molar-refractivity contribution in [3.05, 3.63) is 17.5 Å². The number of aryl methyl sites for hydroxylation is 2. The highest BCUT2D eigenvalue weighted by Crippen LogP contribution is 2.31. The van der Waals surface area contributed by atoms with Gasteiger partial charge in [-0.2, -0.15) is 5.10 Å². The summed E-state index contributed by atoms with van der Waals surface area (Å²) in [7, 11) is 3.66. The van der Waals surface area contributed by atoms with Crippen LogP contribution in [0.4, 0.5) is 0 Å². The van der Waals surface area contributed by atoms with E-state index in [2.05, 4.69) is 5.10 Å². The van der Waals surface area contributed by atoms with E-state index in [0.29, 0.717) is 6.42 Å². The Morgan fingerprint density at radius 2 is 2.20 bits per heavy atom. The molecule has 82 valence electrons. The van der Waals surface area contributed by atoms with Crippen LogP contribution in [0.3, 0.4) is 0 Å². The predicted octanol–water partition coefficient (Wildman–Crippen LogP) is -0.0410. The molecule has 5 nitrogen and oxygen atoms in total. The van der Waals surface area contributed by atoms with Gasteiger partial charge in [0.25, 0.3) is 0 Å². The molecule has 0 aliphatic carbocycles. The number of nitrogens with two attached hydrogens (primary N) is 1. The van der Waals surface area contributed by atoms with E-state index in [1.807, 2.05) is 20.2 Å². The molecule has 0 saturated carbocycles. The van der Waals surface area contributed by atoms with E-state index >= 15 is 0 Å². The van der Waals surface area contributed by atoms with Crippen molar-refractivity contribution in [2.24, 2.45) is 12.8 Å². The SMILES string of the molecule is Cc1cn(C)nc1[C@@H]1[C@@H](N)CC(=O)N1C. The Morgan fingerprint density at radius 1 is 1.53 bits per heavy atom. The lowest BCUT2D eigenvalue weighted by molar-refractivity contribution is -0.127. The molecule has 2 atom stereocenters. The molecule has 1 fully saturated rings. The van der Waals surface area contributed by atoms with Crippen molar-refractivity contribution in [2.75, 3.05) is 7.05 Å². The Hall–Kier alpha value is -1.36. The number of hydrogen-bond acceptors (Lipinski definition) is 3. The van der Waals surface area contributed by atoms with E-state index < -0.39 is 0 Å². The van der Waals surface area contributed by atoms with Gasteiger partial charge in [-0.25, -0.2) is 0 Å². The molecule has 15 heavy (non-hydrogen) atoms. The van der Waals surface area contributed by atoms with Crippen molar-refractivity contribution in [3.8, 4) is 0 Å². The third kappa shape index (κ3) is 1.52. The molecule has 5 heteroatoms. The highest BCUT2D eigenvalue weighted by Gasteiger charge is 2.38. The number of aromatic nitrogens is 2. The molecule has 2 heterocycles. The minimum Gasteiger partial charge on any atom is -0.335 e. The Morgan fingerprint density at radius 3 is 2.60 bits per heavy atom. The normalized spacial score (nSPS) is 26.4. The van der Waals surface area contributed by atoms with E-state index in [1.165, 1.54) is 0 Å². The standard InChI is InChI=1S/C10H16N4O/c1-6-5-13(2)12-9(6)10-7(11)4-8(15)14(10)3/h5,7,10H,4,11H2,1-3H3/t7-,10-/m0/s1. The summed E-state index contributed by atoms with van der Waals surface area (Å²) in [5, 5.41) is 4.37. The van der Waals surface area contributed by atoms with E-state index in [4.69, 9.17) is 5.73 Å². The van der Waals surface area contributed by atoms with Crippen LogP contribution >= 0.6 is 0 Å². The highest BCUT2D eigenvalue weighted by molar-refractivity contribution is 5.80. The fourth-order valence-electron chi connectivity index (χ4n) is 2.20. The maximum Gasteiger partial charge on any atom is 0.224 e. The molecule has 1 aromatic rings. The molecule has 0 unspecified atom stereocenters. The van der Waals surface area contributed by atoms with Crippen molar-refractivity contribution in [1.29, 1.82) is 0 Å². The predicted molar refractivity (Wildman–Crippen MR) is 56.0 cm³/mol. The Kier molecular flexibility index (Phi) is 2.26. The van der Waals surface area contributed by atoms with Crippen LogP contribution in [-0.4, -0.2) is 33.7 Å². The average Bonchev–Trinajstić information content (AvgIpc) is 2.56. The smallest absolute Gasteiger partial charge is 0.224 e. The first kappa shape index (κ1) is 10.2. The second-order valence-corrected chi connectivity index (χ2v) is 4.19. The summed E-state index contributed by atoms with van der Waals surface area (Å²) in [4.78, 5) is 13.2. The van der Waals surface area contributed by atoms with E-state index in [9.17, 15) is 4.79 Å². The quantitative estimate of drug-likeness (QED) is 0.704. The molecule has 1 saturated heterocycles. The summed E-state index contributed by atoms with van der Waals surface area (Å²) < 4.78 is 1.76. The average molecular weight is 208 g/mol. The molecule has 0 bridgehead atoms. The van der Waals surface area contributed by atoms with Gasteiger partial charge in [0, 0.05) is 32.8 Å². The number of carbonyl (C=O) groups excluding carboxylic acids is 1. The lowest BCUT2D eigenvalue weighted by atomic mass is 10.0. The van der Waals surface area contributed by atoms with Crippen LogP contribution in [0.2, 0.25) is 0 Å². The molecule has 1 aliphatic rings.